The summed E-state index contributed by atoms with van der Waals surface area (Å²) in [6.07, 6.45) is 4.42. The summed E-state index contributed by atoms with van der Waals surface area (Å²) in [4.78, 5) is 18.1. The topological polar surface area (TPSA) is 66.5 Å². The van der Waals surface area contributed by atoms with Crippen LogP contribution in [0.4, 0.5) is 4.39 Å². The molecule has 0 bridgehead atoms. The second-order valence-corrected chi connectivity index (χ2v) is 5.77. The Labute approximate surface area is 129 Å². The van der Waals surface area contributed by atoms with Crippen molar-refractivity contribution in [1.82, 2.24) is 20.7 Å². The van der Waals surface area contributed by atoms with Crippen molar-refractivity contribution in [3.05, 3.63) is 24.1 Å². The summed E-state index contributed by atoms with van der Waals surface area (Å²) >= 11 is 0. The summed E-state index contributed by atoms with van der Waals surface area (Å²) in [6.45, 7) is 2.13. The second-order valence-electron chi connectivity index (χ2n) is 5.77. The van der Waals surface area contributed by atoms with Gasteiger partial charge in [0.1, 0.15) is 6.10 Å². The van der Waals surface area contributed by atoms with Gasteiger partial charge in [0.15, 0.2) is 5.82 Å². The molecule has 1 amide bonds. The Morgan fingerprint density at radius 3 is 3.18 bits per heavy atom. The highest BCUT2D eigenvalue weighted by molar-refractivity contribution is 5.77. The van der Waals surface area contributed by atoms with Crippen molar-refractivity contribution in [3.8, 4) is 5.88 Å². The number of likely N-dealkylation sites (tertiary alicyclic amines) is 1. The van der Waals surface area contributed by atoms with Crippen molar-refractivity contribution >= 4 is 5.91 Å². The first-order valence-corrected chi connectivity index (χ1v) is 7.75. The summed E-state index contributed by atoms with van der Waals surface area (Å²) < 4.78 is 19.2. The fraction of sp³-hybridized carbons (Fsp3) is 0.600. The molecule has 2 saturated heterocycles. The van der Waals surface area contributed by atoms with Crippen LogP contribution in [0.3, 0.4) is 0 Å². The molecular weight excluding hydrogens is 287 g/mol. The Balaban J connectivity index is 1.54. The number of hydrazine groups is 1. The molecule has 3 heterocycles. The number of ether oxygens (including phenoxy) is 1. The van der Waals surface area contributed by atoms with E-state index in [2.05, 4.69) is 15.8 Å². The lowest BCUT2D eigenvalue weighted by molar-refractivity contribution is -0.134. The van der Waals surface area contributed by atoms with Crippen molar-refractivity contribution in [2.75, 3.05) is 19.6 Å². The van der Waals surface area contributed by atoms with E-state index in [4.69, 9.17) is 4.74 Å². The molecule has 0 spiro atoms. The highest BCUT2D eigenvalue weighted by Crippen LogP contribution is 2.20. The second kappa shape index (κ2) is 7.02. The molecule has 2 aliphatic rings. The maximum absolute atomic E-state index is 13.6. The summed E-state index contributed by atoms with van der Waals surface area (Å²) in [5.74, 6) is -0.327. The molecule has 6 nitrogen and oxygen atoms in total. The SMILES string of the molecule is O=C(CC1CCNN1)N1CCCC(Oc2ncccc2F)C1. The zero-order valence-corrected chi connectivity index (χ0v) is 12.4. The molecule has 2 atom stereocenters. The minimum absolute atomic E-state index is 0.0171. The van der Waals surface area contributed by atoms with Crippen molar-refractivity contribution in [1.29, 1.82) is 0 Å². The Morgan fingerprint density at radius 1 is 1.50 bits per heavy atom. The molecule has 0 radical (unpaired) electrons. The number of pyridine rings is 1. The molecular formula is C15H21FN4O2. The van der Waals surface area contributed by atoms with Crippen LogP contribution in [0.2, 0.25) is 0 Å². The Hall–Kier alpha value is -1.73. The van der Waals surface area contributed by atoms with Crippen LogP contribution in [0, 0.1) is 5.82 Å². The zero-order valence-electron chi connectivity index (χ0n) is 12.4. The van der Waals surface area contributed by atoms with Crippen LogP contribution >= 0.6 is 0 Å². The predicted octanol–water partition coefficient (Wildman–Crippen LogP) is 0.847. The smallest absolute Gasteiger partial charge is 0.250 e. The molecule has 2 aliphatic heterocycles. The van der Waals surface area contributed by atoms with Gasteiger partial charge in [0.25, 0.3) is 5.88 Å². The number of hydrogen-bond donors (Lipinski definition) is 2. The van der Waals surface area contributed by atoms with Crippen LogP contribution < -0.4 is 15.6 Å². The molecule has 0 aromatic carbocycles. The van der Waals surface area contributed by atoms with Gasteiger partial charge < -0.3 is 9.64 Å². The summed E-state index contributed by atoms with van der Waals surface area (Å²) in [5, 5.41) is 0. The average molecular weight is 308 g/mol. The monoisotopic (exact) mass is 308 g/mol. The molecule has 1 aromatic heterocycles. The highest BCUT2D eigenvalue weighted by Gasteiger charge is 2.28. The lowest BCUT2D eigenvalue weighted by atomic mass is 10.1. The van der Waals surface area contributed by atoms with Gasteiger partial charge in [0, 0.05) is 31.7 Å². The van der Waals surface area contributed by atoms with Crippen LogP contribution in [-0.4, -0.2) is 47.6 Å². The molecule has 3 rings (SSSR count). The quantitative estimate of drug-likeness (QED) is 0.863. The number of nitrogens with one attached hydrogen (secondary N) is 2. The van der Waals surface area contributed by atoms with Crippen LogP contribution in [0.25, 0.3) is 0 Å². The highest BCUT2D eigenvalue weighted by atomic mass is 19.1. The molecule has 2 fully saturated rings. The fourth-order valence-corrected chi connectivity index (χ4v) is 2.90. The van der Waals surface area contributed by atoms with E-state index in [0.29, 0.717) is 13.0 Å². The van der Waals surface area contributed by atoms with Crippen LogP contribution in [0.5, 0.6) is 5.88 Å². The molecule has 22 heavy (non-hydrogen) atoms. The number of hydrogen-bond acceptors (Lipinski definition) is 5. The number of nitrogens with zero attached hydrogens (tertiary/aromatic N) is 2. The number of amides is 1. The van der Waals surface area contributed by atoms with E-state index in [1.54, 1.807) is 0 Å². The predicted molar refractivity (Wildman–Crippen MR) is 78.6 cm³/mol. The van der Waals surface area contributed by atoms with Crippen LogP contribution in [0.1, 0.15) is 25.7 Å². The molecule has 7 heteroatoms. The largest absolute Gasteiger partial charge is 0.470 e. The number of carbonyl (C=O) groups is 1. The first-order valence-electron chi connectivity index (χ1n) is 7.75. The van der Waals surface area contributed by atoms with E-state index in [0.717, 1.165) is 32.4 Å². The van der Waals surface area contributed by atoms with Gasteiger partial charge in [-0.1, -0.05) is 0 Å². The number of piperidine rings is 1. The van der Waals surface area contributed by atoms with Gasteiger partial charge in [0.05, 0.1) is 6.54 Å². The molecule has 0 saturated carbocycles. The summed E-state index contributed by atoms with van der Waals surface area (Å²) in [5.41, 5.74) is 6.13. The number of aromatic nitrogens is 1. The summed E-state index contributed by atoms with van der Waals surface area (Å²) in [6, 6.07) is 3.05. The summed E-state index contributed by atoms with van der Waals surface area (Å²) in [7, 11) is 0. The van der Waals surface area contributed by atoms with Crippen molar-refractivity contribution in [2.45, 2.75) is 37.8 Å². The zero-order chi connectivity index (χ0) is 15.4. The van der Waals surface area contributed by atoms with E-state index in [-0.39, 0.29) is 23.9 Å². The normalized spacial score (nSPS) is 25.2. The van der Waals surface area contributed by atoms with Gasteiger partial charge in [-0.15, -0.1) is 0 Å². The van der Waals surface area contributed by atoms with E-state index in [1.165, 1.54) is 18.3 Å². The Kier molecular flexibility index (Phi) is 4.84. The first kappa shape index (κ1) is 15.2. The third-order valence-corrected chi connectivity index (χ3v) is 4.08. The Morgan fingerprint density at radius 2 is 2.41 bits per heavy atom. The number of carbonyl (C=O) groups excluding carboxylic acids is 1. The number of rotatable bonds is 4. The van der Waals surface area contributed by atoms with Crippen molar-refractivity contribution < 1.29 is 13.9 Å². The lowest BCUT2D eigenvalue weighted by Gasteiger charge is -2.33. The maximum Gasteiger partial charge on any atom is 0.250 e. The van der Waals surface area contributed by atoms with Crippen LogP contribution in [-0.2, 0) is 4.79 Å². The van der Waals surface area contributed by atoms with E-state index in [9.17, 15) is 9.18 Å². The first-order chi connectivity index (χ1) is 10.7. The van der Waals surface area contributed by atoms with E-state index in [1.807, 2.05) is 4.90 Å². The van der Waals surface area contributed by atoms with E-state index >= 15 is 0 Å². The average Bonchev–Trinajstić information content (AvgIpc) is 3.03. The maximum atomic E-state index is 13.6. The molecule has 0 aliphatic carbocycles. The van der Waals surface area contributed by atoms with Crippen molar-refractivity contribution in [3.63, 3.8) is 0 Å². The lowest BCUT2D eigenvalue weighted by Crippen LogP contribution is -2.46. The molecule has 120 valence electrons. The van der Waals surface area contributed by atoms with Gasteiger partial charge >= 0.3 is 0 Å². The van der Waals surface area contributed by atoms with Gasteiger partial charge in [-0.25, -0.2) is 9.37 Å². The van der Waals surface area contributed by atoms with Gasteiger partial charge in [0.2, 0.25) is 5.91 Å². The van der Waals surface area contributed by atoms with E-state index < -0.39 is 5.82 Å². The van der Waals surface area contributed by atoms with Gasteiger partial charge in [-0.05, 0) is 31.4 Å². The van der Waals surface area contributed by atoms with Crippen molar-refractivity contribution in [2.24, 2.45) is 0 Å². The standard InChI is InChI=1S/C15H21FN4O2/c16-13-4-1-6-17-15(13)22-12-3-2-8-20(10-12)14(21)9-11-5-7-18-19-11/h1,4,6,11-12,18-19H,2-3,5,7-10H2. The molecule has 2 unspecified atom stereocenters. The minimum Gasteiger partial charge on any atom is -0.470 e. The van der Waals surface area contributed by atoms with Gasteiger partial charge in [-0.2, -0.15) is 0 Å². The minimum atomic E-state index is -0.466. The number of halogens is 1. The Bertz CT molecular complexity index is 522. The third-order valence-electron chi connectivity index (χ3n) is 4.08. The fourth-order valence-electron chi connectivity index (χ4n) is 2.90. The van der Waals surface area contributed by atoms with Gasteiger partial charge in [-0.3, -0.25) is 15.6 Å². The molecule has 2 N–H and O–H groups in total. The van der Waals surface area contributed by atoms with Crippen LogP contribution in [0.15, 0.2) is 18.3 Å². The molecule has 1 aromatic rings. The third kappa shape index (κ3) is 3.72.